The first-order chi connectivity index (χ1) is 11.1. The highest BCUT2D eigenvalue weighted by Gasteiger charge is 2.23. The third-order valence-corrected chi connectivity index (χ3v) is 4.34. The molecule has 1 aliphatic heterocycles. The molecule has 0 saturated carbocycles. The van der Waals surface area contributed by atoms with Crippen molar-refractivity contribution in [2.24, 2.45) is 5.92 Å². The lowest BCUT2D eigenvalue weighted by atomic mass is 10.1. The second kappa shape index (κ2) is 6.66. The molecule has 1 fully saturated rings. The van der Waals surface area contributed by atoms with Crippen molar-refractivity contribution in [1.29, 1.82) is 0 Å². The van der Waals surface area contributed by atoms with Crippen molar-refractivity contribution in [3.05, 3.63) is 24.0 Å². The van der Waals surface area contributed by atoms with Crippen LogP contribution in [0.5, 0.6) is 0 Å². The number of ether oxygens (including phenoxy) is 1. The zero-order valence-corrected chi connectivity index (χ0v) is 14.0. The minimum absolute atomic E-state index is 0.0334. The standard InChI is InChI=1S/C17H24N4O2/c1-4-20(10-13-5-6-23-11-13)17(22)15-7-14-9-19-21(12(2)3)16(14)18-8-15/h7-9,12-13H,4-6,10-11H2,1-3H3/t13-/m1/s1. The fraction of sp³-hybridized carbons (Fsp3) is 0.588. The normalized spacial score (nSPS) is 18.0. The van der Waals surface area contributed by atoms with Crippen LogP contribution in [0, 0.1) is 5.92 Å². The zero-order chi connectivity index (χ0) is 16.4. The van der Waals surface area contributed by atoms with Crippen molar-refractivity contribution in [2.75, 3.05) is 26.3 Å². The Balaban J connectivity index is 1.81. The first-order valence-corrected chi connectivity index (χ1v) is 8.30. The van der Waals surface area contributed by atoms with E-state index in [4.69, 9.17) is 4.74 Å². The number of carbonyl (C=O) groups excluding carboxylic acids is 1. The van der Waals surface area contributed by atoms with E-state index in [1.54, 1.807) is 12.4 Å². The van der Waals surface area contributed by atoms with Crippen LogP contribution < -0.4 is 0 Å². The highest BCUT2D eigenvalue weighted by atomic mass is 16.5. The molecule has 23 heavy (non-hydrogen) atoms. The van der Waals surface area contributed by atoms with Gasteiger partial charge in [0.15, 0.2) is 5.65 Å². The molecule has 0 N–H and O–H groups in total. The average Bonchev–Trinajstić information content (AvgIpc) is 3.20. The predicted octanol–water partition coefficient (Wildman–Crippen LogP) is 2.51. The van der Waals surface area contributed by atoms with Crippen LogP contribution in [0.15, 0.2) is 18.5 Å². The van der Waals surface area contributed by atoms with E-state index in [1.807, 2.05) is 22.6 Å². The summed E-state index contributed by atoms with van der Waals surface area (Å²) in [6.07, 6.45) is 4.47. The molecule has 0 spiro atoms. The van der Waals surface area contributed by atoms with Crippen LogP contribution in [0.25, 0.3) is 11.0 Å². The van der Waals surface area contributed by atoms with Crippen LogP contribution in [0.4, 0.5) is 0 Å². The van der Waals surface area contributed by atoms with Gasteiger partial charge in [0.25, 0.3) is 5.91 Å². The fourth-order valence-corrected chi connectivity index (χ4v) is 3.01. The summed E-state index contributed by atoms with van der Waals surface area (Å²) in [4.78, 5) is 19.1. The predicted molar refractivity (Wildman–Crippen MR) is 88.4 cm³/mol. The van der Waals surface area contributed by atoms with Gasteiger partial charge in [-0.25, -0.2) is 9.67 Å². The third kappa shape index (κ3) is 3.22. The van der Waals surface area contributed by atoms with Gasteiger partial charge >= 0.3 is 0 Å². The Labute approximate surface area is 136 Å². The Morgan fingerprint density at radius 2 is 2.30 bits per heavy atom. The molecule has 3 heterocycles. The molecule has 2 aromatic rings. The molecule has 1 amide bonds. The van der Waals surface area contributed by atoms with Crippen LogP contribution >= 0.6 is 0 Å². The quantitative estimate of drug-likeness (QED) is 0.850. The van der Waals surface area contributed by atoms with E-state index in [1.165, 1.54) is 0 Å². The molecule has 6 heteroatoms. The van der Waals surface area contributed by atoms with Gasteiger partial charge in [0.1, 0.15) is 0 Å². The van der Waals surface area contributed by atoms with Crippen molar-refractivity contribution >= 4 is 16.9 Å². The Morgan fingerprint density at radius 1 is 1.48 bits per heavy atom. The van der Waals surface area contributed by atoms with Gasteiger partial charge in [-0.05, 0) is 33.3 Å². The molecule has 124 valence electrons. The van der Waals surface area contributed by atoms with Gasteiger partial charge in [-0.15, -0.1) is 0 Å². The molecule has 0 radical (unpaired) electrons. The molecule has 6 nitrogen and oxygen atoms in total. The van der Waals surface area contributed by atoms with Gasteiger partial charge in [-0.3, -0.25) is 4.79 Å². The molecule has 0 bridgehead atoms. The molecular formula is C17H24N4O2. The van der Waals surface area contributed by atoms with Crippen molar-refractivity contribution in [3.63, 3.8) is 0 Å². The lowest BCUT2D eigenvalue weighted by molar-refractivity contribution is 0.0730. The van der Waals surface area contributed by atoms with Gasteiger partial charge in [-0.2, -0.15) is 5.10 Å². The second-order valence-corrected chi connectivity index (χ2v) is 6.39. The minimum atomic E-state index is 0.0334. The lowest BCUT2D eigenvalue weighted by Gasteiger charge is -2.23. The molecule has 0 aromatic carbocycles. The Kier molecular flexibility index (Phi) is 4.61. The number of pyridine rings is 1. The monoisotopic (exact) mass is 316 g/mol. The van der Waals surface area contributed by atoms with Gasteiger partial charge in [0, 0.05) is 43.2 Å². The summed E-state index contributed by atoms with van der Waals surface area (Å²) in [6, 6.07) is 2.14. The SMILES string of the molecule is CCN(C[C@H]1CCOC1)C(=O)c1cnc2c(cnn2C(C)C)c1. The van der Waals surface area contributed by atoms with Gasteiger partial charge in [0.2, 0.25) is 0 Å². The molecule has 3 rings (SSSR count). The molecule has 0 aliphatic carbocycles. The number of rotatable bonds is 5. The fourth-order valence-electron chi connectivity index (χ4n) is 3.01. The second-order valence-electron chi connectivity index (χ2n) is 6.39. The summed E-state index contributed by atoms with van der Waals surface area (Å²) in [7, 11) is 0. The zero-order valence-electron chi connectivity index (χ0n) is 14.0. The van der Waals surface area contributed by atoms with Crippen LogP contribution in [-0.2, 0) is 4.74 Å². The van der Waals surface area contributed by atoms with Gasteiger partial charge in [-0.1, -0.05) is 0 Å². The van der Waals surface area contributed by atoms with E-state index in [0.29, 0.717) is 18.0 Å². The van der Waals surface area contributed by atoms with Crippen LogP contribution in [0.2, 0.25) is 0 Å². The van der Waals surface area contributed by atoms with Gasteiger partial charge < -0.3 is 9.64 Å². The summed E-state index contributed by atoms with van der Waals surface area (Å²) < 4.78 is 7.28. The van der Waals surface area contributed by atoms with Crippen molar-refractivity contribution in [3.8, 4) is 0 Å². The van der Waals surface area contributed by atoms with E-state index in [9.17, 15) is 4.79 Å². The molecular weight excluding hydrogens is 292 g/mol. The Hall–Kier alpha value is -1.95. The number of aromatic nitrogens is 3. The summed E-state index contributed by atoms with van der Waals surface area (Å²) >= 11 is 0. The highest BCUT2D eigenvalue weighted by Crippen LogP contribution is 2.19. The maximum atomic E-state index is 12.8. The maximum Gasteiger partial charge on any atom is 0.255 e. The molecule has 1 atom stereocenters. The third-order valence-electron chi connectivity index (χ3n) is 4.34. The van der Waals surface area contributed by atoms with E-state index in [0.717, 1.165) is 37.2 Å². The summed E-state index contributed by atoms with van der Waals surface area (Å²) in [5.41, 5.74) is 1.45. The number of nitrogens with zero attached hydrogens (tertiary/aromatic N) is 4. The Bertz CT molecular complexity index is 689. The van der Waals surface area contributed by atoms with Crippen molar-refractivity contribution in [1.82, 2.24) is 19.7 Å². The average molecular weight is 316 g/mol. The molecule has 2 aromatic heterocycles. The largest absolute Gasteiger partial charge is 0.381 e. The number of fused-ring (bicyclic) bond motifs is 1. The van der Waals surface area contributed by atoms with Crippen molar-refractivity contribution in [2.45, 2.75) is 33.2 Å². The number of amides is 1. The number of hydrogen-bond acceptors (Lipinski definition) is 4. The summed E-state index contributed by atoms with van der Waals surface area (Å²) in [5, 5.41) is 5.26. The summed E-state index contributed by atoms with van der Waals surface area (Å²) in [5.74, 6) is 0.477. The first-order valence-electron chi connectivity index (χ1n) is 8.30. The van der Waals surface area contributed by atoms with Gasteiger partial charge in [0.05, 0.1) is 18.4 Å². The molecule has 1 saturated heterocycles. The number of hydrogen-bond donors (Lipinski definition) is 0. The molecule has 0 unspecified atom stereocenters. The van der Waals surface area contributed by atoms with Crippen LogP contribution in [0.3, 0.4) is 0 Å². The first kappa shape index (κ1) is 15.9. The number of carbonyl (C=O) groups is 1. The highest BCUT2D eigenvalue weighted by molar-refractivity contribution is 5.96. The van der Waals surface area contributed by atoms with Crippen molar-refractivity contribution < 1.29 is 9.53 Å². The van der Waals surface area contributed by atoms with E-state index < -0.39 is 0 Å². The Morgan fingerprint density at radius 3 is 2.96 bits per heavy atom. The summed E-state index contributed by atoms with van der Waals surface area (Å²) in [6.45, 7) is 9.14. The van der Waals surface area contributed by atoms with Crippen LogP contribution in [-0.4, -0.2) is 51.9 Å². The topological polar surface area (TPSA) is 60.2 Å². The van der Waals surface area contributed by atoms with E-state index in [-0.39, 0.29) is 11.9 Å². The van der Waals surface area contributed by atoms with E-state index in [2.05, 4.69) is 23.9 Å². The smallest absolute Gasteiger partial charge is 0.255 e. The van der Waals surface area contributed by atoms with E-state index >= 15 is 0 Å². The maximum absolute atomic E-state index is 12.8. The van der Waals surface area contributed by atoms with Crippen LogP contribution in [0.1, 0.15) is 43.6 Å². The minimum Gasteiger partial charge on any atom is -0.381 e. The molecule has 1 aliphatic rings. The lowest BCUT2D eigenvalue weighted by Crippen LogP contribution is -2.35.